The van der Waals surface area contributed by atoms with Gasteiger partial charge in [0.2, 0.25) is 15.9 Å². The van der Waals surface area contributed by atoms with Crippen LogP contribution in [-0.4, -0.2) is 69.9 Å². The molecule has 9 heteroatoms. The Labute approximate surface area is 171 Å². The van der Waals surface area contributed by atoms with E-state index in [-0.39, 0.29) is 35.2 Å². The van der Waals surface area contributed by atoms with E-state index in [2.05, 4.69) is 0 Å². The highest BCUT2D eigenvalue weighted by Gasteiger charge is 2.36. The quantitative estimate of drug-likeness (QED) is 0.665. The van der Waals surface area contributed by atoms with Gasteiger partial charge in [-0.1, -0.05) is 0 Å². The molecule has 1 atom stereocenters. The zero-order valence-corrected chi connectivity index (χ0v) is 17.7. The van der Waals surface area contributed by atoms with Crippen molar-refractivity contribution in [2.45, 2.75) is 30.6 Å². The molecule has 0 bridgehead atoms. The third kappa shape index (κ3) is 4.72. The van der Waals surface area contributed by atoms with E-state index in [0.29, 0.717) is 51.1 Å². The number of hydrogen-bond acceptors (Lipinski definition) is 6. The average molecular weight is 425 g/mol. The Morgan fingerprint density at radius 3 is 2.21 bits per heavy atom. The molecule has 29 heavy (non-hydrogen) atoms. The van der Waals surface area contributed by atoms with Crippen molar-refractivity contribution in [3.05, 3.63) is 24.3 Å². The van der Waals surface area contributed by atoms with Gasteiger partial charge in [-0.15, -0.1) is 0 Å². The molecule has 2 fully saturated rings. The summed E-state index contributed by atoms with van der Waals surface area (Å²) in [7, 11) is -0.761. The number of carbonyl (C=O) groups is 2. The number of nitrogens with zero attached hydrogens (tertiary/aromatic N) is 2. The van der Waals surface area contributed by atoms with Crippen LogP contribution < -0.4 is 4.74 Å². The summed E-state index contributed by atoms with van der Waals surface area (Å²) in [6.45, 7) is 1.59. The van der Waals surface area contributed by atoms with Crippen molar-refractivity contribution in [2.75, 3.05) is 40.4 Å². The Bertz CT molecular complexity index is 831. The maximum absolute atomic E-state index is 13.0. The Balaban J connectivity index is 1.64. The fourth-order valence-electron chi connectivity index (χ4n) is 4.02. The maximum atomic E-state index is 13.0. The molecular weight excluding hydrogens is 396 g/mol. The third-order valence-corrected chi connectivity index (χ3v) is 7.65. The van der Waals surface area contributed by atoms with Crippen LogP contribution in [0.5, 0.6) is 5.75 Å². The molecule has 0 spiro atoms. The number of benzene rings is 1. The van der Waals surface area contributed by atoms with Crippen LogP contribution in [0.2, 0.25) is 0 Å². The molecule has 1 amide bonds. The molecule has 8 nitrogen and oxygen atoms in total. The van der Waals surface area contributed by atoms with Crippen LogP contribution in [0, 0.1) is 11.8 Å². The first-order valence-corrected chi connectivity index (χ1v) is 11.3. The molecule has 1 aromatic carbocycles. The number of esters is 1. The number of piperidine rings is 2. The van der Waals surface area contributed by atoms with Crippen molar-refractivity contribution in [2.24, 2.45) is 11.8 Å². The molecule has 0 aromatic heterocycles. The summed E-state index contributed by atoms with van der Waals surface area (Å²) in [5, 5.41) is 0. The molecule has 160 valence electrons. The van der Waals surface area contributed by atoms with Gasteiger partial charge in [-0.3, -0.25) is 9.59 Å². The Morgan fingerprint density at radius 2 is 1.62 bits per heavy atom. The summed E-state index contributed by atoms with van der Waals surface area (Å²) in [6.07, 6.45) is 2.48. The Hall–Kier alpha value is -2.13. The molecule has 2 saturated heterocycles. The molecule has 0 aliphatic carbocycles. The van der Waals surface area contributed by atoms with Crippen LogP contribution in [-0.2, 0) is 24.3 Å². The van der Waals surface area contributed by atoms with Gasteiger partial charge in [-0.2, -0.15) is 4.31 Å². The smallest absolute Gasteiger partial charge is 0.308 e. The van der Waals surface area contributed by atoms with Crippen molar-refractivity contribution >= 4 is 21.9 Å². The standard InChI is InChI=1S/C20H28N2O6S/c1-27-17-5-7-18(8-6-17)29(25,26)22-11-3-4-16(14-22)19(23)21-12-9-15(10-13-21)20(24)28-2/h5-8,15-16H,3-4,9-14H2,1-2H3/t16-/m0/s1. The highest BCUT2D eigenvalue weighted by atomic mass is 32.2. The molecule has 3 rings (SSSR count). The van der Waals surface area contributed by atoms with Crippen LogP contribution in [0.4, 0.5) is 0 Å². The second-order valence-corrected chi connectivity index (χ2v) is 9.44. The molecule has 2 heterocycles. The van der Waals surface area contributed by atoms with E-state index >= 15 is 0 Å². The van der Waals surface area contributed by atoms with E-state index < -0.39 is 10.0 Å². The highest BCUT2D eigenvalue weighted by Crippen LogP contribution is 2.27. The first-order chi connectivity index (χ1) is 13.9. The zero-order valence-electron chi connectivity index (χ0n) is 16.9. The summed E-state index contributed by atoms with van der Waals surface area (Å²) in [6, 6.07) is 6.28. The number of rotatable bonds is 5. The number of likely N-dealkylation sites (tertiary alicyclic amines) is 1. The predicted octanol–water partition coefficient (Wildman–Crippen LogP) is 1.51. The first kappa shape index (κ1) is 21.6. The molecular formula is C20H28N2O6S. The molecule has 2 aliphatic heterocycles. The monoisotopic (exact) mass is 424 g/mol. The largest absolute Gasteiger partial charge is 0.497 e. The van der Waals surface area contributed by atoms with Gasteiger partial charge < -0.3 is 14.4 Å². The number of hydrogen-bond donors (Lipinski definition) is 0. The van der Waals surface area contributed by atoms with Gasteiger partial charge in [0, 0.05) is 26.2 Å². The van der Waals surface area contributed by atoms with Gasteiger partial charge in [0.05, 0.1) is 31.0 Å². The molecule has 1 aromatic rings. The van der Waals surface area contributed by atoms with Gasteiger partial charge in [-0.05, 0) is 49.9 Å². The van der Waals surface area contributed by atoms with Crippen molar-refractivity contribution in [3.63, 3.8) is 0 Å². The molecule has 2 aliphatic rings. The molecule has 0 saturated carbocycles. The van der Waals surface area contributed by atoms with Gasteiger partial charge in [0.1, 0.15) is 5.75 Å². The fourth-order valence-corrected chi connectivity index (χ4v) is 5.54. The summed E-state index contributed by atoms with van der Waals surface area (Å²) in [4.78, 5) is 26.6. The Morgan fingerprint density at radius 1 is 0.966 bits per heavy atom. The lowest BCUT2D eigenvalue weighted by Gasteiger charge is -2.37. The lowest BCUT2D eigenvalue weighted by atomic mass is 9.93. The lowest BCUT2D eigenvalue weighted by Crippen LogP contribution is -2.49. The average Bonchev–Trinajstić information content (AvgIpc) is 2.78. The normalized spacial score (nSPS) is 21.6. The van der Waals surface area contributed by atoms with Crippen molar-refractivity contribution in [3.8, 4) is 5.75 Å². The second kappa shape index (κ2) is 9.13. The minimum absolute atomic E-state index is 0.0250. The van der Waals surface area contributed by atoms with E-state index in [0.717, 1.165) is 0 Å². The topological polar surface area (TPSA) is 93.2 Å². The van der Waals surface area contributed by atoms with Gasteiger partial charge in [0.25, 0.3) is 0 Å². The van der Waals surface area contributed by atoms with E-state index in [1.165, 1.54) is 30.7 Å². The van der Waals surface area contributed by atoms with Crippen LogP contribution in [0.25, 0.3) is 0 Å². The van der Waals surface area contributed by atoms with E-state index in [1.54, 1.807) is 17.0 Å². The summed E-state index contributed by atoms with van der Waals surface area (Å²) < 4.78 is 37.3. The summed E-state index contributed by atoms with van der Waals surface area (Å²) >= 11 is 0. The number of carbonyl (C=O) groups excluding carboxylic acids is 2. The number of amides is 1. The van der Waals surface area contributed by atoms with Crippen LogP contribution in [0.1, 0.15) is 25.7 Å². The molecule has 0 N–H and O–H groups in total. The van der Waals surface area contributed by atoms with E-state index in [9.17, 15) is 18.0 Å². The highest BCUT2D eigenvalue weighted by molar-refractivity contribution is 7.89. The summed E-state index contributed by atoms with van der Waals surface area (Å²) in [5.41, 5.74) is 0. The zero-order chi connectivity index (χ0) is 21.0. The van der Waals surface area contributed by atoms with Crippen LogP contribution in [0.3, 0.4) is 0 Å². The number of ether oxygens (including phenoxy) is 2. The van der Waals surface area contributed by atoms with Crippen molar-refractivity contribution in [1.82, 2.24) is 9.21 Å². The minimum atomic E-state index is -3.66. The molecule has 0 radical (unpaired) electrons. The van der Waals surface area contributed by atoms with Crippen LogP contribution in [0.15, 0.2) is 29.2 Å². The number of sulfonamides is 1. The van der Waals surface area contributed by atoms with Gasteiger partial charge in [-0.25, -0.2) is 8.42 Å². The van der Waals surface area contributed by atoms with Crippen molar-refractivity contribution < 1.29 is 27.5 Å². The SMILES string of the molecule is COC(=O)C1CCN(C(=O)[C@H]2CCCN(S(=O)(=O)c3ccc(OC)cc3)C2)CC1. The Kier molecular flexibility index (Phi) is 6.79. The second-order valence-electron chi connectivity index (χ2n) is 7.50. The van der Waals surface area contributed by atoms with E-state index in [4.69, 9.17) is 9.47 Å². The lowest BCUT2D eigenvalue weighted by molar-refractivity contribution is -0.149. The van der Waals surface area contributed by atoms with E-state index in [1.807, 2.05) is 0 Å². The molecule has 0 unspecified atom stereocenters. The van der Waals surface area contributed by atoms with Gasteiger partial charge in [0.15, 0.2) is 0 Å². The van der Waals surface area contributed by atoms with Crippen LogP contribution >= 0.6 is 0 Å². The summed E-state index contributed by atoms with van der Waals surface area (Å²) in [5.74, 6) is -0.186. The first-order valence-electron chi connectivity index (χ1n) is 9.87. The predicted molar refractivity (Wildman–Crippen MR) is 106 cm³/mol. The third-order valence-electron chi connectivity index (χ3n) is 5.77. The number of methoxy groups -OCH3 is 2. The van der Waals surface area contributed by atoms with Crippen molar-refractivity contribution in [1.29, 1.82) is 0 Å². The fraction of sp³-hybridized carbons (Fsp3) is 0.600. The van der Waals surface area contributed by atoms with Gasteiger partial charge >= 0.3 is 5.97 Å². The minimum Gasteiger partial charge on any atom is -0.497 e. The maximum Gasteiger partial charge on any atom is 0.308 e.